The van der Waals surface area contributed by atoms with Gasteiger partial charge in [-0.1, -0.05) is 67.7 Å². The minimum atomic E-state index is -1.47. The maximum absolute atomic E-state index is 12.1. The molecule has 2 rings (SSSR count). The predicted octanol–water partition coefficient (Wildman–Crippen LogP) is 2.54. The number of hydrogen-bond acceptors (Lipinski definition) is 11. The second kappa shape index (κ2) is 24.1. The summed E-state index contributed by atoms with van der Waals surface area (Å²) in [6.45, 7) is 3.68. The van der Waals surface area contributed by atoms with E-state index in [0.717, 1.165) is 55.8 Å². The highest BCUT2D eigenvalue weighted by Crippen LogP contribution is 2.28. The Balaban J connectivity index is 1.46. The molecule has 0 aromatic carbocycles. The van der Waals surface area contributed by atoms with Crippen molar-refractivity contribution in [2.24, 2.45) is 0 Å². The molecule has 266 valence electrons. The number of nitrogens with one attached hydrogen (secondary N) is 2. The number of aromatic nitrogens is 3. The van der Waals surface area contributed by atoms with Crippen LogP contribution in [0.5, 0.6) is 0 Å². The van der Waals surface area contributed by atoms with Crippen molar-refractivity contribution in [3.8, 4) is 0 Å². The zero-order valence-electron chi connectivity index (χ0n) is 28.2. The molecule has 1 unspecified atom stereocenters. The number of aliphatic hydroxyl groups is 2. The van der Waals surface area contributed by atoms with Crippen molar-refractivity contribution in [2.75, 3.05) is 45.6 Å². The van der Waals surface area contributed by atoms with Gasteiger partial charge < -0.3 is 41.0 Å². The first-order valence-electron chi connectivity index (χ1n) is 16.6. The fourth-order valence-corrected chi connectivity index (χ4v) is 4.52. The summed E-state index contributed by atoms with van der Waals surface area (Å²) in [4.78, 5) is 45.3. The van der Waals surface area contributed by atoms with Gasteiger partial charge in [-0.2, -0.15) is 4.98 Å². The van der Waals surface area contributed by atoms with Crippen LogP contribution < -0.4 is 22.1 Å². The van der Waals surface area contributed by atoms with Crippen LogP contribution >= 0.6 is 0 Å². The Bertz CT molecular complexity index is 1290. The highest BCUT2D eigenvalue weighted by atomic mass is 16.6. The van der Waals surface area contributed by atoms with Gasteiger partial charge in [-0.15, -0.1) is 0 Å². The molecule has 1 aliphatic heterocycles. The lowest BCUT2D eigenvalue weighted by atomic mass is 10.1. The normalized spacial score (nSPS) is 19.9. The lowest BCUT2D eigenvalue weighted by Gasteiger charge is -2.18. The van der Waals surface area contributed by atoms with Crippen LogP contribution in [-0.2, 0) is 14.3 Å². The molecular formula is C34H53N7O7. The number of carbonyl (C=O) groups excluding carboxylic acids is 2. The second-order valence-corrected chi connectivity index (χ2v) is 11.2. The molecule has 2 amide bonds. The molecule has 48 heavy (non-hydrogen) atoms. The Labute approximate surface area is 283 Å². The molecule has 6 N–H and O–H groups in total. The number of unbranched alkanes of at least 4 members (excludes halogenated alkanes) is 1. The summed E-state index contributed by atoms with van der Waals surface area (Å²) < 4.78 is 11.5. The molecule has 0 spiro atoms. The lowest BCUT2D eigenvalue weighted by molar-refractivity contribution is -0.121. The first kappa shape index (κ1) is 40.1. The van der Waals surface area contributed by atoms with Crippen molar-refractivity contribution >= 4 is 17.9 Å². The van der Waals surface area contributed by atoms with E-state index in [0.29, 0.717) is 26.1 Å². The van der Waals surface area contributed by atoms with Gasteiger partial charge in [0.05, 0.1) is 0 Å². The van der Waals surface area contributed by atoms with Crippen LogP contribution in [0.4, 0.5) is 10.7 Å². The van der Waals surface area contributed by atoms with Gasteiger partial charge in [0.1, 0.15) is 31.2 Å². The molecule has 2 heterocycles. The van der Waals surface area contributed by atoms with Crippen LogP contribution in [0.25, 0.3) is 0 Å². The highest BCUT2D eigenvalue weighted by molar-refractivity contribution is 5.75. The van der Waals surface area contributed by atoms with E-state index >= 15 is 0 Å². The van der Waals surface area contributed by atoms with Crippen molar-refractivity contribution in [3.63, 3.8) is 0 Å². The molecule has 1 aromatic rings. The second-order valence-electron chi connectivity index (χ2n) is 11.2. The fraction of sp³-hybridized carbons (Fsp3) is 0.559. The number of likely N-dealkylation sites (N-methyl/N-ethyl adjacent to an activating group) is 1. The maximum Gasteiger partial charge on any atom is 0.407 e. The van der Waals surface area contributed by atoms with E-state index in [-0.39, 0.29) is 25.0 Å². The van der Waals surface area contributed by atoms with Crippen LogP contribution in [0.1, 0.15) is 64.5 Å². The Morgan fingerprint density at radius 3 is 2.15 bits per heavy atom. The van der Waals surface area contributed by atoms with Gasteiger partial charge in [-0.3, -0.25) is 9.36 Å². The topological polar surface area (TPSA) is 194 Å². The summed E-state index contributed by atoms with van der Waals surface area (Å²) in [5, 5.41) is 26.0. The van der Waals surface area contributed by atoms with Crippen molar-refractivity contribution in [1.29, 1.82) is 0 Å². The van der Waals surface area contributed by atoms with E-state index in [2.05, 4.69) is 88.3 Å². The van der Waals surface area contributed by atoms with Gasteiger partial charge in [0.15, 0.2) is 6.23 Å². The number of alkyl carbamates (subject to hydrolysis) is 1. The van der Waals surface area contributed by atoms with E-state index < -0.39 is 36.3 Å². The molecule has 0 radical (unpaired) electrons. The number of rotatable bonds is 22. The molecule has 0 bridgehead atoms. The molecule has 1 aliphatic rings. The Kier molecular flexibility index (Phi) is 20.1. The number of nitrogens with two attached hydrogens (primary N) is 1. The number of hydrogen-bond donors (Lipinski definition) is 5. The number of nitrogen functional groups attached to an aromatic ring is 1. The first-order chi connectivity index (χ1) is 23.2. The average Bonchev–Trinajstić information content (AvgIpc) is 3.33. The van der Waals surface area contributed by atoms with Crippen LogP contribution in [0.2, 0.25) is 0 Å². The third-order valence-corrected chi connectivity index (χ3v) is 7.25. The highest BCUT2D eigenvalue weighted by Gasteiger charge is 2.44. The Morgan fingerprint density at radius 2 is 1.54 bits per heavy atom. The zero-order chi connectivity index (χ0) is 35.0. The van der Waals surface area contributed by atoms with Crippen LogP contribution in [-0.4, -0.2) is 99.8 Å². The number of allylic oxidation sites excluding steroid dienone is 10. The molecule has 1 aromatic heterocycles. The smallest absolute Gasteiger partial charge is 0.407 e. The zero-order valence-corrected chi connectivity index (χ0v) is 28.2. The third-order valence-electron chi connectivity index (χ3n) is 7.25. The van der Waals surface area contributed by atoms with Gasteiger partial charge in [0.25, 0.3) is 0 Å². The summed E-state index contributed by atoms with van der Waals surface area (Å²) >= 11 is 0. The standard InChI is InChI=1S/C34H53N7O7/c1-3-4-5-6-7-8-9-10-11-12-13-14-15-16-17-18-19-20-28(42)36-21-23-40(2)24-22-37-34(46)47-25-27-29(43)30(44)31(48-27)41-26-38-32(35)39-33(41)45/h4-5,7-8,10-11,13-14,16-17,26-27,29-31,43-44H,3,6,9,12,15,18-25H2,1-2H3,(H,36,42)(H,37,46)(H2,35,39,45)/b5-4-,8-7-,11-10-,14-13-,17-16-/t27-,29-,30-,31?/m1/s1. The summed E-state index contributed by atoms with van der Waals surface area (Å²) in [6, 6.07) is 0. The molecular weight excluding hydrogens is 618 g/mol. The van der Waals surface area contributed by atoms with Gasteiger partial charge in [-0.05, 0) is 52.0 Å². The van der Waals surface area contributed by atoms with Gasteiger partial charge in [0, 0.05) is 32.6 Å². The monoisotopic (exact) mass is 671 g/mol. The summed E-state index contributed by atoms with van der Waals surface area (Å²) in [5.74, 6) is -0.227. The van der Waals surface area contributed by atoms with Crippen molar-refractivity contribution < 1.29 is 29.3 Å². The Morgan fingerprint density at radius 1 is 0.958 bits per heavy atom. The average molecular weight is 672 g/mol. The third kappa shape index (κ3) is 16.6. The molecule has 0 saturated carbocycles. The Hall–Kier alpha value is -4.11. The number of anilines is 1. The van der Waals surface area contributed by atoms with Gasteiger partial charge in [-0.25, -0.2) is 14.6 Å². The quantitative estimate of drug-likeness (QED) is 0.0898. The largest absolute Gasteiger partial charge is 0.447 e. The van der Waals surface area contributed by atoms with E-state index in [9.17, 15) is 24.6 Å². The number of aliphatic hydroxyl groups excluding tert-OH is 2. The minimum absolute atomic E-state index is 0.00919. The predicted molar refractivity (Wildman–Crippen MR) is 185 cm³/mol. The SMILES string of the molecule is CC/C=C\C/C=C\C/C=C\C/C=C\C/C=C\CCCC(=O)NCCN(C)CCNC(=O)OC[C@H]1OC(n2cnc(N)nc2=O)[C@H](O)[C@@H]1O. The lowest BCUT2D eigenvalue weighted by Crippen LogP contribution is -2.39. The van der Waals surface area contributed by atoms with E-state index in [1.807, 2.05) is 11.9 Å². The van der Waals surface area contributed by atoms with Crippen molar-refractivity contribution in [1.82, 2.24) is 30.1 Å². The first-order valence-corrected chi connectivity index (χ1v) is 16.6. The molecule has 1 fully saturated rings. The number of ether oxygens (including phenoxy) is 2. The number of nitrogens with zero attached hydrogens (tertiary/aromatic N) is 4. The maximum atomic E-state index is 12.1. The molecule has 0 aliphatic carbocycles. The summed E-state index contributed by atoms with van der Waals surface area (Å²) in [5.41, 5.74) is 4.56. The van der Waals surface area contributed by atoms with Crippen LogP contribution in [0.15, 0.2) is 71.9 Å². The molecule has 14 nitrogen and oxygen atoms in total. The van der Waals surface area contributed by atoms with Gasteiger partial charge >= 0.3 is 11.8 Å². The van der Waals surface area contributed by atoms with Crippen molar-refractivity contribution in [2.45, 2.75) is 82.8 Å². The van der Waals surface area contributed by atoms with E-state index in [1.54, 1.807) is 0 Å². The van der Waals surface area contributed by atoms with Gasteiger partial charge in [0.2, 0.25) is 11.9 Å². The summed E-state index contributed by atoms with van der Waals surface area (Å²) in [6.07, 6.45) is 23.7. The summed E-state index contributed by atoms with van der Waals surface area (Å²) in [7, 11) is 1.87. The molecule has 1 saturated heterocycles. The van der Waals surface area contributed by atoms with Crippen molar-refractivity contribution in [3.05, 3.63) is 77.6 Å². The number of amides is 2. The van der Waals surface area contributed by atoms with E-state index in [1.165, 1.54) is 0 Å². The molecule has 14 heteroatoms. The molecule has 4 atom stereocenters. The van der Waals surface area contributed by atoms with E-state index in [4.69, 9.17) is 15.2 Å². The van der Waals surface area contributed by atoms with Crippen LogP contribution in [0, 0.1) is 0 Å². The number of carbonyl (C=O) groups is 2. The fourth-order valence-electron chi connectivity index (χ4n) is 4.52. The minimum Gasteiger partial charge on any atom is -0.447 e. The van der Waals surface area contributed by atoms with Crippen LogP contribution in [0.3, 0.4) is 0 Å².